The minimum Gasteiger partial charge on any atom is -0.337 e. The van der Waals surface area contributed by atoms with Crippen LogP contribution in [0.2, 0.25) is 0 Å². The highest BCUT2D eigenvalue weighted by atomic mass is 15.2. The van der Waals surface area contributed by atoms with Crippen LogP contribution in [0.15, 0.2) is 36.9 Å². The lowest BCUT2D eigenvalue weighted by Crippen LogP contribution is -2.24. The van der Waals surface area contributed by atoms with E-state index in [9.17, 15) is 0 Å². The van der Waals surface area contributed by atoms with Gasteiger partial charge >= 0.3 is 0 Å². The van der Waals surface area contributed by atoms with Gasteiger partial charge in [-0.25, -0.2) is 9.97 Å². The van der Waals surface area contributed by atoms with Crippen LogP contribution in [0.4, 0.5) is 0 Å². The summed E-state index contributed by atoms with van der Waals surface area (Å²) in [5.41, 5.74) is 3.34. The Morgan fingerprint density at radius 1 is 1.24 bits per heavy atom. The average molecular weight is 283 g/mol. The first-order chi connectivity index (χ1) is 10.2. The van der Waals surface area contributed by atoms with Crippen LogP contribution in [-0.2, 0) is 20.1 Å². The van der Waals surface area contributed by atoms with E-state index in [0.717, 1.165) is 36.8 Å². The summed E-state index contributed by atoms with van der Waals surface area (Å²) in [5, 5.41) is 0. The lowest BCUT2D eigenvalue weighted by atomic mass is 10.3. The highest BCUT2D eigenvalue weighted by Gasteiger charge is 2.11. The zero-order chi connectivity index (χ0) is 14.8. The molecule has 3 aromatic rings. The fraction of sp³-hybridized carbons (Fsp3) is 0.375. The molecule has 5 nitrogen and oxygen atoms in total. The van der Waals surface area contributed by atoms with Crippen molar-refractivity contribution >= 4 is 5.65 Å². The summed E-state index contributed by atoms with van der Waals surface area (Å²) in [6.07, 6.45) is 7.99. The number of pyridine rings is 1. The Labute approximate surface area is 124 Å². The molecule has 0 saturated heterocycles. The van der Waals surface area contributed by atoms with E-state index in [1.807, 2.05) is 25.6 Å². The summed E-state index contributed by atoms with van der Waals surface area (Å²) in [4.78, 5) is 11.5. The zero-order valence-electron chi connectivity index (χ0n) is 12.8. The van der Waals surface area contributed by atoms with Gasteiger partial charge in [0.1, 0.15) is 11.5 Å². The van der Waals surface area contributed by atoms with Crippen LogP contribution in [-0.4, -0.2) is 30.4 Å². The minimum atomic E-state index is 0.838. The number of fused-ring (bicyclic) bond motifs is 1. The molecule has 0 spiro atoms. The van der Waals surface area contributed by atoms with Gasteiger partial charge in [-0.1, -0.05) is 13.0 Å². The second kappa shape index (κ2) is 5.69. The summed E-state index contributed by atoms with van der Waals surface area (Å²) in [6, 6.07) is 4.15. The Kier molecular flexibility index (Phi) is 3.75. The van der Waals surface area contributed by atoms with Crippen molar-refractivity contribution in [2.45, 2.75) is 26.9 Å². The molecule has 0 bridgehead atoms. The summed E-state index contributed by atoms with van der Waals surface area (Å²) in [5.74, 6) is 1.08. The zero-order valence-corrected chi connectivity index (χ0v) is 12.8. The maximum atomic E-state index is 4.75. The van der Waals surface area contributed by atoms with Crippen molar-refractivity contribution < 1.29 is 0 Å². The molecule has 3 aromatic heterocycles. The molecule has 0 aromatic carbocycles. The fourth-order valence-corrected chi connectivity index (χ4v) is 2.54. The molecule has 0 saturated carbocycles. The highest BCUT2D eigenvalue weighted by Crippen LogP contribution is 2.12. The summed E-state index contributed by atoms with van der Waals surface area (Å²) >= 11 is 0. The van der Waals surface area contributed by atoms with Crippen molar-refractivity contribution in [3.63, 3.8) is 0 Å². The SMILES string of the molecule is CCN(Cc1cn2cccc(C)c2n1)Cc1nccn1C. The van der Waals surface area contributed by atoms with Gasteiger partial charge in [-0.3, -0.25) is 4.90 Å². The number of rotatable bonds is 5. The average Bonchev–Trinajstić information content (AvgIpc) is 3.05. The van der Waals surface area contributed by atoms with E-state index in [0.29, 0.717) is 0 Å². The monoisotopic (exact) mass is 283 g/mol. The van der Waals surface area contributed by atoms with Crippen molar-refractivity contribution in [1.29, 1.82) is 0 Å². The number of hydrogen-bond acceptors (Lipinski definition) is 3. The molecule has 5 heteroatoms. The van der Waals surface area contributed by atoms with E-state index >= 15 is 0 Å². The molecule has 0 aliphatic rings. The number of nitrogens with zero attached hydrogens (tertiary/aromatic N) is 5. The van der Waals surface area contributed by atoms with Crippen LogP contribution < -0.4 is 0 Å². The van der Waals surface area contributed by atoms with Crippen molar-refractivity contribution in [3.05, 3.63) is 54.0 Å². The summed E-state index contributed by atoms with van der Waals surface area (Å²) in [7, 11) is 2.03. The van der Waals surface area contributed by atoms with Crippen molar-refractivity contribution in [3.8, 4) is 0 Å². The standard InChI is InChI=1S/C16H21N5/c1-4-20(12-15-17-7-9-19(15)3)10-14-11-21-8-5-6-13(2)16(21)18-14/h5-9,11H,4,10,12H2,1-3H3. The smallest absolute Gasteiger partial charge is 0.139 e. The molecule has 3 heterocycles. The first-order valence-corrected chi connectivity index (χ1v) is 7.29. The molecule has 0 aliphatic heterocycles. The van der Waals surface area contributed by atoms with E-state index in [2.05, 4.69) is 51.0 Å². The normalized spacial score (nSPS) is 11.6. The van der Waals surface area contributed by atoms with Crippen molar-refractivity contribution in [2.24, 2.45) is 7.05 Å². The maximum absolute atomic E-state index is 4.75. The Balaban J connectivity index is 1.79. The largest absolute Gasteiger partial charge is 0.337 e. The molecule has 3 rings (SSSR count). The molecule has 0 amide bonds. The molecule has 0 N–H and O–H groups in total. The van der Waals surface area contributed by atoms with E-state index < -0.39 is 0 Å². The molecule has 0 unspecified atom stereocenters. The molecular formula is C16H21N5. The van der Waals surface area contributed by atoms with Gasteiger partial charge < -0.3 is 8.97 Å². The Morgan fingerprint density at radius 2 is 2.10 bits per heavy atom. The Bertz CT molecular complexity index is 740. The van der Waals surface area contributed by atoms with Gasteiger partial charge in [0.15, 0.2) is 0 Å². The van der Waals surface area contributed by atoms with Gasteiger partial charge in [-0.15, -0.1) is 0 Å². The predicted molar refractivity (Wildman–Crippen MR) is 82.9 cm³/mol. The van der Waals surface area contributed by atoms with Gasteiger partial charge in [-0.05, 0) is 25.1 Å². The van der Waals surface area contributed by atoms with Crippen LogP contribution in [0, 0.1) is 6.92 Å². The number of aryl methyl sites for hydroxylation is 2. The number of hydrogen-bond donors (Lipinski definition) is 0. The van der Waals surface area contributed by atoms with Crippen molar-refractivity contribution in [2.75, 3.05) is 6.54 Å². The summed E-state index contributed by atoms with van der Waals surface area (Å²) < 4.78 is 4.16. The third kappa shape index (κ3) is 2.83. The quantitative estimate of drug-likeness (QED) is 0.721. The highest BCUT2D eigenvalue weighted by molar-refractivity contribution is 5.47. The van der Waals surface area contributed by atoms with E-state index in [1.54, 1.807) is 0 Å². The van der Waals surface area contributed by atoms with Gasteiger partial charge in [0, 0.05) is 38.4 Å². The van der Waals surface area contributed by atoms with Crippen LogP contribution in [0.5, 0.6) is 0 Å². The third-order valence-corrected chi connectivity index (χ3v) is 3.85. The van der Waals surface area contributed by atoms with Crippen LogP contribution in [0.3, 0.4) is 0 Å². The lowest BCUT2D eigenvalue weighted by Gasteiger charge is -2.18. The van der Waals surface area contributed by atoms with Gasteiger partial charge in [-0.2, -0.15) is 0 Å². The molecular weight excluding hydrogens is 262 g/mol. The Morgan fingerprint density at radius 3 is 2.76 bits per heavy atom. The molecule has 0 aliphatic carbocycles. The van der Waals surface area contributed by atoms with Crippen LogP contribution in [0.1, 0.15) is 24.0 Å². The first-order valence-electron chi connectivity index (χ1n) is 7.29. The predicted octanol–water partition coefficient (Wildman–Crippen LogP) is 2.40. The first kappa shape index (κ1) is 13.8. The number of aromatic nitrogens is 4. The maximum Gasteiger partial charge on any atom is 0.139 e. The topological polar surface area (TPSA) is 38.4 Å². The molecule has 21 heavy (non-hydrogen) atoms. The summed E-state index contributed by atoms with van der Waals surface area (Å²) in [6.45, 7) is 6.92. The van der Waals surface area contributed by atoms with Gasteiger partial charge in [0.25, 0.3) is 0 Å². The van der Waals surface area contributed by atoms with E-state index in [1.165, 1.54) is 5.56 Å². The second-order valence-corrected chi connectivity index (χ2v) is 5.41. The molecule has 110 valence electrons. The van der Waals surface area contributed by atoms with Gasteiger partial charge in [0.2, 0.25) is 0 Å². The lowest BCUT2D eigenvalue weighted by molar-refractivity contribution is 0.259. The van der Waals surface area contributed by atoms with Crippen LogP contribution >= 0.6 is 0 Å². The van der Waals surface area contributed by atoms with Crippen LogP contribution in [0.25, 0.3) is 5.65 Å². The third-order valence-electron chi connectivity index (χ3n) is 3.85. The second-order valence-electron chi connectivity index (χ2n) is 5.41. The molecule has 0 fully saturated rings. The molecule has 0 radical (unpaired) electrons. The number of imidazole rings is 2. The Hall–Kier alpha value is -2.14. The minimum absolute atomic E-state index is 0.838. The van der Waals surface area contributed by atoms with Crippen molar-refractivity contribution in [1.82, 2.24) is 23.8 Å². The van der Waals surface area contributed by atoms with E-state index in [4.69, 9.17) is 4.98 Å². The van der Waals surface area contributed by atoms with E-state index in [-0.39, 0.29) is 0 Å². The van der Waals surface area contributed by atoms with Gasteiger partial charge in [0.05, 0.1) is 12.2 Å². The fourth-order valence-electron chi connectivity index (χ4n) is 2.54. The molecule has 0 atom stereocenters.